The Bertz CT molecular complexity index is 850. The van der Waals surface area contributed by atoms with Gasteiger partial charge in [0.15, 0.2) is 0 Å². The maximum absolute atomic E-state index is 12.4. The standard InChI is InChI=1S/C20H24N6O/c1-16(26-13-11-21-15-26)20(27)24-14-17-6-5-10-23-19(17)25(2)12-8-18-7-3-4-9-22-18/h3-7,9-11,13,15-16H,8,12,14H2,1-2H3,(H,24,27). The molecule has 0 aliphatic rings. The average molecular weight is 364 g/mol. The van der Waals surface area contributed by atoms with Crippen molar-refractivity contribution in [1.29, 1.82) is 0 Å². The van der Waals surface area contributed by atoms with Crippen LogP contribution in [-0.4, -0.2) is 39.0 Å². The molecule has 0 saturated heterocycles. The number of hydrogen-bond donors (Lipinski definition) is 1. The molecule has 0 spiro atoms. The lowest BCUT2D eigenvalue weighted by atomic mass is 10.2. The van der Waals surface area contributed by atoms with Crippen LogP contribution in [0.3, 0.4) is 0 Å². The van der Waals surface area contributed by atoms with E-state index in [1.165, 1.54) is 0 Å². The van der Waals surface area contributed by atoms with Gasteiger partial charge in [0, 0.05) is 62.6 Å². The second-order valence-corrected chi connectivity index (χ2v) is 6.38. The first-order valence-corrected chi connectivity index (χ1v) is 8.95. The average Bonchev–Trinajstić information content (AvgIpc) is 3.25. The fourth-order valence-corrected chi connectivity index (χ4v) is 2.81. The van der Waals surface area contributed by atoms with Crippen LogP contribution < -0.4 is 10.2 Å². The van der Waals surface area contributed by atoms with Crippen molar-refractivity contribution < 1.29 is 4.79 Å². The number of pyridine rings is 2. The summed E-state index contributed by atoms with van der Waals surface area (Å²) in [5.74, 6) is 0.808. The van der Waals surface area contributed by atoms with Gasteiger partial charge in [-0.2, -0.15) is 0 Å². The van der Waals surface area contributed by atoms with Gasteiger partial charge < -0.3 is 14.8 Å². The summed E-state index contributed by atoms with van der Waals surface area (Å²) in [5, 5.41) is 2.99. The Labute approximate surface area is 159 Å². The van der Waals surface area contributed by atoms with Gasteiger partial charge in [-0.25, -0.2) is 9.97 Å². The SMILES string of the molecule is CC(C(=O)NCc1cccnc1N(C)CCc1ccccn1)n1ccnc1. The molecular formula is C20H24N6O. The Balaban J connectivity index is 1.60. The highest BCUT2D eigenvalue weighted by Crippen LogP contribution is 2.16. The van der Waals surface area contributed by atoms with E-state index >= 15 is 0 Å². The topological polar surface area (TPSA) is 75.9 Å². The number of nitrogens with zero attached hydrogens (tertiary/aromatic N) is 5. The molecule has 0 aliphatic heterocycles. The van der Waals surface area contributed by atoms with Crippen molar-refractivity contribution in [3.63, 3.8) is 0 Å². The number of likely N-dealkylation sites (N-methyl/N-ethyl adjacent to an activating group) is 1. The van der Waals surface area contributed by atoms with E-state index in [9.17, 15) is 4.79 Å². The van der Waals surface area contributed by atoms with Gasteiger partial charge in [-0.1, -0.05) is 12.1 Å². The molecule has 7 heteroatoms. The predicted molar refractivity (Wildman–Crippen MR) is 104 cm³/mol. The van der Waals surface area contributed by atoms with E-state index in [-0.39, 0.29) is 11.9 Å². The quantitative estimate of drug-likeness (QED) is 0.663. The lowest BCUT2D eigenvalue weighted by molar-refractivity contribution is -0.124. The van der Waals surface area contributed by atoms with Crippen molar-refractivity contribution >= 4 is 11.7 Å². The molecule has 0 bridgehead atoms. The molecule has 0 fully saturated rings. The lowest BCUT2D eigenvalue weighted by Gasteiger charge is -2.21. The Morgan fingerprint density at radius 1 is 1.19 bits per heavy atom. The predicted octanol–water partition coefficient (Wildman–Crippen LogP) is 2.23. The van der Waals surface area contributed by atoms with E-state index in [1.807, 2.05) is 44.3 Å². The van der Waals surface area contributed by atoms with E-state index in [1.54, 1.807) is 35.7 Å². The molecule has 0 aliphatic carbocycles. The van der Waals surface area contributed by atoms with Crippen molar-refractivity contribution in [2.45, 2.75) is 25.9 Å². The number of carbonyl (C=O) groups excluding carboxylic acids is 1. The summed E-state index contributed by atoms with van der Waals surface area (Å²) in [6.07, 6.45) is 9.50. The summed E-state index contributed by atoms with van der Waals surface area (Å²) >= 11 is 0. The molecule has 0 saturated carbocycles. The van der Waals surface area contributed by atoms with Gasteiger partial charge in [0.25, 0.3) is 0 Å². The summed E-state index contributed by atoms with van der Waals surface area (Å²) < 4.78 is 1.78. The zero-order valence-corrected chi connectivity index (χ0v) is 15.6. The monoisotopic (exact) mass is 364 g/mol. The normalized spacial score (nSPS) is 11.8. The summed E-state index contributed by atoms with van der Waals surface area (Å²) in [4.78, 5) is 27.3. The number of carbonyl (C=O) groups is 1. The third kappa shape index (κ3) is 4.91. The van der Waals surface area contributed by atoms with Gasteiger partial charge in [0.2, 0.25) is 5.91 Å². The minimum Gasteiger partial charge on any atom is -0.359 e. The van der Waals surface area contributed by atoms with Crippen LogP contribution in [0.15, 0.2) is 61.4 Å². The molecule has 0 radical (unpaired) electrons. The fraction of sp³-hybridized carbons (Fsp3) is 0.300. The van der Waals surface area contributed by atoms with Gasteiger partial charge >= 0.3 is 0 Å². The summed E-state index contributed by atoms with van der Waals surface area (Å²) in [6.45, 7) is 3.07. The molecule has 1 atom stereocenters. The maximum Gasteiger partial charge on any atom is 0.243 e. The van der Waals surface area contributed by atoms with Crippen molar-refractivity contribution in [1.82, 2.24) is 24.8 Å². The second kappa shape index (κ2) is 8.93. The van der Waals surface area contributed by atoms with Crippen molar-refractivity contribution in [3.8, 4) is 0 Å². The molecular weight excluding hydrogens is 340 g/mol. The van der Waals surface area contributed by atoms with Gasteiger partial charge in [0.05, 0.1) is 6.33 Å². The molecule has 3 aromatic rings. The molecule has 1 amide bonds. The minimum atomic E-state index is -0.311. The second-order valence-electron chi connectivity index (χ2n) is 6.38. The Morgan fingerprint density at radius 2 is 2.04 bits per heavy atom. The van der Waals surface area contributed by atoms with Crippen molar-refractivity contribution in [2.75, 3.05) is 18.5 Å². The first-order valence-electron chi connectivity index (χ1n) is 8.95. The van der Waals surface area contributed by atoms with Crippen LogP contribution in [0.25, 0.3) is 0 Å². The highest BCUT2D eigenvalue weighted by Gasteiger charge is 2.15. The summed E-state index contributed by atoms with van der Waals surface area (Å²) in [7, 11) is 2.00. The Kier molecular flexibility index (Phi) is 6.14. The summed E-state index contributed by atoms with van der Waals surface area (Å²) in [5.41, 5.74) is 2.02. The van der Waals surface area contributed by atoms with Gasteiger partial charge in [0.1, 0.15) is 11.9 Å². The first-order chi connectivity index (χ1) is 13.1. The van der Waals surface area contributed by atoms with Crippen molar-refractivity contribution in [2.24, 2.45) is 0 Å². The third-order valence-corrected chi connectivity index (χ3v) is 4.46. The molecule has 1 unspecified atom stereocenters. The molecule has 3 rings (SSSR count). The molecule has 3 heterocycles. The molecule has 27 heavy (non-hydrogen) atoms. The van der Waals surface area contributed by atoms with E-state index in [4.69, 9.17) is 0 Å². The van der Waals surface area contributed by atoms with Crippen LogP contribution in [0.5, 0.6) is 0 Å². The van der Waals surface area contributed by atoms with Gasteiger partial charge in [-0.3, -0.25) is 9.78 Å². The van der Waals surface area contributed by atoms with Crippen LogP contribution in [0.2, 0.25) is 0 Å². The number of imidazole rings is 1. The summed E-state index contributed by atoms with van der Waals surface area (Å²) in [6, 6.07) is 9.49. The van der Waals surface area contributed by atoms with Crippen molar-refractivity contribution in [3.05, 3.63) is 72.7 Å². The van der Waals surface area contributed by atoms with Crippen LogP contribution >= 0.6 is 0 Å². The third-order valence-electron chi connectivity index (χ3n) is 4.46. The van der Waals surface area contributed by atoms with Crippen LogP contribution in [0.1, 0.15) is 24.2 Å². The molecule has 3 aromatic heterocycles. The van der Waals surface area contributed by atoms with E-state index in [0.717, 1.165) is 30.0 Å². The highest BCUT2D eigenvalue weighted by atomic mass is 16.2. The Morgan fingerprint density at radius 3 is 2.78 bits per heavy atom. The van der Waals surface area contributed by atoms with E-state index in [2.05, 4.69) is 25.2 Å². The zero-order valence-electron chi connectivity index (χ0n) is 15.6. The van der Waals surface area contributed by atoms with E-state index < -0.39 is 0 Å². The molecule has 1 N–H and O–H groups in total. The number of nitrogens with one attached hydrogen (secondary N) is 1. The molecule has 140 valence electrons. The van der Waals surface area contributed by atoms with Crippen LogP contribution in [0.4, 0.5) is 5.82 Å². The number of anilines is 1. The molecule has 0 aromatic carbocycles. The number of hydrogen-bond acceptors (Lipinski definition) is 5. The Hall–Kier alpha value is -3.22. The van der Waals surface area contributed by atoms with E-state index in [0.29, 0.717) is 6.54 Å². The number of amides is 1. The number of aromatic nitrogens is 4. The van der Waals surface area contributed by atoms with Crippen LogP contribution in [0, 0.1) is 0 Å². The minimum absolute atomic E-state index is 0.0565. The number of rotatable bonds is 8. The first kappa shape index (κ1) is 18.6. The highest BCUT2D eigenvalue weighted by molar-refractivity contribution is 5.80. The fourth-order valence-electron chi connectivity index (χ4n) is 2.81. The largest absolute Gasteiger partial charge is 0.359 e. The smallest absolute Gasteiger partial charge is 0.243 e. The lowest BCUT2D eigenvalue weighted by Crippen LogP contribution is -2.31. The van der Waals surface area contributed by atoms with Crippen LogP contribution in [-0.2, 0) is 17.8 Å². The molecule has 7 nitrogen and oxygen atoms in total. The maximum atomic E-state index is 12.4. The van der Waals surface area contributed by atoms with Gasteiger partial charge in [-0.15, -0.1) is 0 Å². The van der Waals surface area contributed by atoms with Gasteiger partial charge in [-0.05, 0) is 25.1 Å². The zero-order chi connectivity index (χ0) is 19.1.